The summed E-state index contributed by atoms with van der Waals surface area (Å²) in [6, 6.07) is 37.7. The number of nitrogens with zero attached hydrogens (tertiary/aromatic N) is 4. The molecule has 0 aliphatic heterocycles. The van der Waals surface area contributed by atoms with Crippen LogP contribution in [0.2, 0.25) is 0 Å². The quantitative estimate of drug-likeness (QED) is 0.179. The van der Waals surface area contributed by atoms with Crippen LogP contribution in [-0.2, 0) is 0 Å². The molecule has 0 amide bonds. The maximum absolute atomic E-state index is 6.24. The van der Waals surface area contributed by atoms with Crippen LogP contribution in [0, 0.1) is 5.92 Å². The Morgan fingerprint density at radius 2 is 1.50 bits per heavy atom. The van der Waals surface area contributed by atoms with Gasteiger partial charge in [-0.2, -0.15) is 4.98 Å². The van der Waals surface area contributed by atoms with Crippen molar-refractivity contribution in [2.45, 2.75) is 27.7 Å². The molecule has 7 aromatic rings. The minimum Gasteiger partial charge on any atom is -0.433 e. The third-order valence-electron chi connectivity index (χ3n) is 8.58. The molecule has 0 saturated heterocycles. The van der Waals surface area contributed by atoms with Crippen molar-refractivity contribution in [2.24, 2.45) is 10.9 Å². The zero-order valence-electron chi connectivity index (χ0n) is 27.6. The van der Waals surface area contributed by atoms with Crippen LogP contribution in [0.5, 0.6) is 0 Å². The van der Waals surface area contributed by atoms with E-state index in [1.165, 1.54) is 16.2 Å². The summed E-state index contributed by atoms with van der Waals surface area (Å²) in [6.45, 7) is 8.28. The van der Waals surface area contributed by atoms with Gasteiger partial charge in [-0.25, -0.2) is 9.97 Å². The maximum atomic E-state index is 6.24. The highest BCUT2D eigenvalue weighted by Gasteiger charge is 2.20. The van der Waals surface area contributed by atoms with E-state index in [0.29, 0.717) is 22.8 Å². The fraction of sp³-hybridized carbons (Fsp3) is 0.116. The van der Waals surface area contributed by atoms with E-state index in [2.05, 4.69) is 128 Å². The molecule has 0 fully saturated rings. The standard InChI is InChI=1S/C41H30N4O.C2H6/c1-26-13-6-11-20-35(26)44-39(27(2)28-14-4-3-5-15-28)36-24-30(25-37(43-36)41-45-40-38(46-41)21-12-22-42-40)34-23-29-16-7-8-17-31(29)32-18-9-10-19-33(32)34;1-2/h3-26H,1-2H3;1-2H3/b39-27+,44-35?;. The third kappa shape index (κ3) is 5.87. The number of pyridine rings is 2. The molecule has 0 spiro atoms. The Kier molecular flexibility index (Phi) is 8.59. The second-order valence-electron chi connectivity index (χ2n) is 11.6. The van der Waals surface area contributed by atoms with Crippen LogP contribution in [0.3, 0.4) is 0 Å². The van der Waals surface area contributed by atoms with Gasteiger partial charge in [-0.15, -0.1) is 0 Å². The highest BCUT2D eigenvalue weighted by Crippen LogP contribution is 2.38. The van der Waals surface area contributed by atoms with Crippen LogP contribution in [0.25, 0.3) is 66.8 Å². The Bertz CT molecular complexity index is 2360. The Labute approximate surface area is 280 Å². The van der Waals surface area contributed by atoms with E-state index in [1.54, 1.807) is 6.20 Å². The Morgan fingerprint density at radius 1 is 0.750 bits per heavy atom. The SMILES string of the molecule is C/C(=C(\N=C1C=CC=CC1C)c1cc(-c2cc3ccccc3c3ccccc23)cc(-c2nc3ncccc3o2)n1)c1ccccc1.CC. The molecule has 1 aliphatic rings. The van der Waals surface area contributed by atoms with Crippen LogP contribution in [-0.4, -0.2) is 20.7 Å². The number of hydrogen-bond acceptors (Lipinski definition) is 5. The zero-order chi connectivity index (χ0) is 33.0. The van der Waals surface area contributed by atoms with Gasteiger partial charge in [-0.05, 0) is 87.1 Å². The summed E-state index contributed by atoms with van der Waals surface area (Å²) >= 11 is 0. The summed E-state index contributed by atoms with van der Waals surface area (Å²) in [4.78, 5) is 19.7. The van der Waals surface area contributed by atoms with Crippen LogP contribution in [0.15, 0.2) is 149 Å². The van der Waals surface area contributed by atoms with Gasteiger partial charge in [0, 0.05) is 17.8 Å². The van der Waals surface area contributed by atoms with Crippen LogP contribution < -0.4 is 0 Å². The van der Waals surface area contributed by atoms with Crippen molar-refractivity contribution in [1.29, 1.82) is 0 Å². The molecule has 5 nitrogen and oxygen atoms in total. The first-order valence-electron chi connectivity index (χ1n) is 16.5. The van der Waals surface area contributed by atoms with E-state index in [0.717, 1.165) is 44.8 Å². The van der Waals surface area contributed by atoms with Crippen molar-refractivity contribution < 1.29 is 4.42 Å². The molecule has 0 saturated carbocycles. The lowest BCUT2D eigenvalue weighted by Gasteiger charge is -2.16. The maximum Gasteiger partial charge on any atom is 0.247 e. The smallest absolute Gasteiger partial charge is 0.247 e. The van der Waals surface area contributed by atoms with E-state index in [1.807, 2.05) is 38.1 Å². The lowest BCUT2D eigenvalue weighted by Crippen LogP contribution is -2.09. The van der Waals surface area contributed by atoms with Gasteiger partial charge in [0.05, 0.1) is 11.4 Å². The molecule has 1 unspecified atom stereocenters. The van der Waals surface area contributed by atoms with Crippen molar-refractivity contribution in [3.05, 3.63) is 151 Å². The zero-order valence-corrected chi connectivity index (χ0v) is 27.6. The number of rotatable bonds is 5. The van der Waals surface area contributed by atoms with Gasteiger partial charge in [0.25, 0.3) is 0 Å². The molecule has 5 heteroatoms. The molecule has 0 bridgehead atoms. The summed E-state index contributed by atoms with van der Waals surface area (Å²) in [7, 11) is 0. The van der Waals surface area contributed by atoms with Crippen molar-refractivity contribution in [1.82, 2.24) is 15.0 Å². The molecule has 1 aliphatic carbocycles. The summed E-state index contributed by atoms with van der Waals surface area (Å²) in [6.07, 6.45) is 10.1. The van der Waals surface area contributed by atoms with Gasteiger partial charge in [0.1, 0.15) is 5.69 Å². The number of aliphatic imine (C=N–C) groups is 1. The molecule has 0 N–H and O–H groups in total. The fourth-order valence-electron chi connectivity index (χ4n) is 6.15. The largest absolute Gasteiger partial charge is 0.433 e. The van der Waals surface area contributed by atoms with Crippen molar-refractivity contribution >= 4 is 49.8 Å². The molecule has 1 atom stereocenters. The normalized spacial score (nSPS) is 15.5. The molecule has 234 valence electrons. The van der Waals surface area contributed by atoms with Crippen molar-refractivity contribution in [3.63, 3.8) is 0 Å². The predicted octanol–water partition coefficient (Wildman–Crippen LogP) is 11.4. The average molecular weight is 625 g/mol. The van der Waals surface area contributed by atoms with Gasteiger partial charge < -0.3 is 4.42 Å². The minimum absolute atomic E-state index is 0.166. The summed E-state index contributed by atoms with van der Waals surface area (Å²) in [5.41, 5.74) is 8.52. The molecule has 3 heterocycles. The van der Waals surface area contributed by atoms with Gasteiger partial charge in [-0.1, -0.05) is 118 Å². The molecule has 48 heavy (non-hydrogen) atoms. The highest BCUT2D eigenvalue weighted by molar-refractivity contribution is 6.14. The summed E-state index contributed by atoms with van der Waals surface area (Å²) in [5, 5.41) is 4.76. The molecule has 0 radical (unpaired) electrons. The van der Waals surface area contributed by atoms with E-state index in [4.69, 9.17) is 19.4 Å². The first-order chi connectivity index (χ1) is 23.6. The van der Waals surface area contributed by atoms with Gasteiger partial charge in [-0.3, -0.25) is 4.99 Å². The Hall–Kier alpha value is -5.94. The number of allylic oxidation sites excluding steroid dienone is 5. The molecular weight excluding hydrogens is 589 g/mol. The lowest BCUT2D eigenvalue weighted by molar-refractivity contribution is 0.616. The highest BCUT2D eigenvalue weighted by atomic mass is 16.3. The number of aromatic nitrogens is 3. The van der Waals surface area contributed by atoms with E-state index >= 15 is 0 Å². The molecule has 3 aromatic heterocycles. The fourth-order valence-corrected chi connectivity index (χ4v) is 6.15. The monoisotopic (exact) mass is 624 g/mol. The average Bonchev–Trinajstić information content (AvgIpc) is 3.60. The Balaban J connectivity index is 0.00000179. The minimum atomic E-state index is 0.166. The van der Waals surface area contributed by atoms with Crippen LogP contribution in [0.1, 0.15) is 39.0 Å². The second-order valence-corrected chi connectivity index (χ2v) is 11.6. The first-order valence-corrected chi connectivity index (χ1v) is 16.5. The predicted molar refractivity (Wildman–Crippen MR) is 201 cm³/mol. The first kappa shape index (κ1) is 30.7. The number of benzene rings is 4. The van der Waals surface area contributed by atoms with E-state index < -0.39 is 0 Å². The summed E-state index contributed by atoms with van der Waals surface area (Å²) < 4.78 is 6.24. The van der Waals surface area contributed by atoms with Crippen molar-refractivity contribution in [3.8, 4) is 22.7 Å². The van der Waals surface area contributed by atoms with Gasteiger partial charge in [0.2, 0.25) is 5.89 Å². The Morgan fingerprint density at radius 3 is 2.29 bits per heavy atom. The van der Waals surface area contributed by atoms with Crippen LogP contribution in [0.4, 0.5) is 0 Å². The van der Waals surface area contributed by atoms with E-state index in [9.17, 15) is 0 Å². The van der Waals surface area contributed by atoms with Crippen molar-refractivity contribution in [2.75, 3.05) is 0 Å². The van der Waals surface area contributed by atoms with Gasteiger partial charge >= 0.3 is 0 Å². The van der Waals surface area contributed by atoms with Crippen LogP contribution >= 0.6 is 0 Å². The summed E-state index contributed by atoms with van der Waals surface area (Å²) in [5.74, 6) is 0.582. The molecular formula is C43H36N4O. The topological polar surface area (TPSA) is 64.2 Å². The third-order valence-corrected chi connectivity index (χ3v) is 8.58. The molecule has 4 aromatic carbocycles. The number of fused-ring (bicyclic) bond motifs is 4. The van der Waals surface area contributed by atoms with Gasteiger partial charge in [0.15, 0.2) is 11.2 Å². The number of oxazole rings is 1. The lowest BCUT2D eigenvalue weighted by atomic mass is 9.92. The molecule has 8 rings (SSSR count). The van der Waals surface area contributed by atoms with E-state index in [-0.39, 0.29) is 5.92 Å². The second kappa shape index (κ2) is 13.4. The number of hydrogen-bond donors (Lipinski definition) is 0.